The number of pyridine rings is 1. The zero-order chi connectivity index (χ0) is 23.6. The van der Waals surface area contributed by atoms with Crippen LogP contribution in [0.1, 0.15) is 30.0 Å². The molecule has 0 spiro atoms. The summed E-state index contributed by atoms with van der Waals surface area (Å²) in [6, 6.07) is 29.0. The van der Waals surface area contributed by atoms with Crippen LogP contribution in [0.3, 0.4) is 0 Å². The Kier molecular flexibility index (Phi) is 5.76. The van der Waals surface area contributed by atoms with E-state index in [0.29, 0.717) is 12.5 Å². The lowest BCUT2D eigenvalue weighted by Crippen LogP contribution is -2.30. The molecule has 6 rings (SSSR count). The van der Waals surface area contributed by atoms with Gasteiger partial charge in [0.05, 0.1) is 17.4 Å². The van der Waals surface area contributed by atoms with Crippen LogP contribution in [0.4, 0.5) is 0 Å². The van der Waals surface area contributed by atoms with Gasteiger partial charge in [0.2, 0.25) is 0 Å². The Morgan fingerprint density at radius 2 is 1.69 bits per heavy atom. The molecule has 0 amide bonds. The molecule has 1 atom stereocenters. The van der Waals surface area contributed by atoms with Gasteiger partial charge in [0.15, 0.2) is 0 Å². The normalized spacial score (nSPS) is 14.2. The van der Waals surface area contributed by atoms with Gasteiger partial charge in [0.1, 0.15) is 12.4 Å². The van der Waals surface area contributed by atoms with Crippen LogP contribution < -0.4 is 10.5 Å². The number of benzene rings is 3. The SMILES string of the molecule is N[C@H](COc1cnc(-c2ccccc2)c(-c2ccc3n[nH]c(C4CC4)c3c2)c1)Cc1ccccc1. The fourth-order valence-corrected chi connectivity index (χ4v) is 4.63. The van der Waals surface area contributed by atoms with Gasteiger partial charge in [-0.15, -0.1) is 0 Å². The highest BCUT2D eigenvalue weighted by Gasteiger charge is 2.27. The van der Waals surface area contributed by atoms with Crippen LogP contribution in [-0.4, -0.2) is 27.8 Å². The van der Waals surface area contributed by atoms with Crippen molar-refractivity contribution in [3.63, 3.8) is 0 Å². The monoisotopic (exact) mass is 460 g/mol. The number of aromatic amines is 1. The molecule has 3 aromatic carbocycles. The van der Waals surface area contributed by atoms with Crippen molar-refractivity contribution in [2.24, 2.45) is 5.73 Å². The number of nitrogens with zero attached hydrogens (tertiary/aromatic N) is 2. The Hall–Kier alpha value is -3.96. The number of hydrogen-bond acceptors (Lipinski definition) is 4. The summed E-state index contributed by atoms with van der Waals surface area (Å²) in [4.78, 5) is 4.84. The first kappa shape index (κ1) is 21.6. The van der Waals surface area contributed by atoms with Gasteiger partial charge in [0, 0.05) is 34.2 Å². The topological polar surface area (TPSA) is 76.8 Å². The molecule has 2 aromatic heterocycles. The zero-order valence-electron chi connectivity index (χ0n) is 19.5. The molecule has 0 radical (unpaired) electrons. The van der Waals surface area contributed by atoms with Gasteiger partial charge in [-0.1, -0.05) is 66.7 Å². The molecule has 0 saturated heterocycles. The average molecular weight is 461 g/mol. The third-order valence-electron chi connectivity index (χ3n) is 6.59. The molecule has 1 saturated carbocycles. The molecule has 2 heterocycles. The van der Waals surface area contributed by atoms with Gasteiger partial charge < -0.3 is 10.5 Å². The Balaban J connectivity index is 1.32. The van der Waals surface area contributed by atoms with E-state index >= 15 is 0 Å². The van der Waals surface area contributed by atoms with Gasteiger partial charge in [-0.2, -0.15) is 5.10 Å². The maximum atomic E-state index is 6.37. The summed E-state index contributed by atoms with van der Waals surface area (Å²) >= 11 is 0. The summed E-state index contributed by atoms with van der Waals surface area (Å²) in [7, 11) is 0. The van der Waals surface area contributed by atoms with Crippen molar-refractivity contribution < 1.29 is 4.74 Å². The average Bonchev–Trinajstić information content (AvgIpc) is 3.67. The summed E-state index contributed by atoms with van der Waals surface area (Å²) in [5, 5.41) is 8.97. The smallest absolute Gasteiger partial charge is 0.138 e. The Bertz CT molecular complexity index is 1440. The molecule has 1 fully saturated rings. The number of nitrogens with two attached hydrogens (primary N) is 1. The minimum Gasteiger partial charge on any atom is -0.490 e. The van der Waals surface area contributed by atoms with Crippen molar-refractivity contribution in [2.75, 3.05) is 6.61 Å². The van der Waals surface area contributed by atoms with Crippen LogP contribution in [0.25, 0.3) is 33.3 Å². The van der Waals surface area contributed by atoms with Crippen LogP contribution in [0.15, 0.2) is 91.1 Å². The van der Waals surface area contributed by atoms with Crippen LogP contribution in [0.2, 0.25) is 0 Å². The number of aromatic nitrogens is 3. The molecule has 5 nitrogen and oxygen atoms in total. The molecule has 5 aromatic rings. The van der Waals surface area contributed by atoms with Gasteiger partial charge >= 0.3 is 0 Å². The van der Waals surface area contributed by atoms with E-state index in [-0.39, 0.29) is 6.04 Å². The maximum absolute atomic E-state index is 6.37. The first-order valence-corrected chi connectivity index (χ1v) is 12.2. The van der Waals surface area contributed by atoms with Gasteiger partial charge in [-0.3, -0.25) is 10.1 Å². The third kappa shape index (κ3) is 4.68. The van der Waals surface area contributed by atoms with Crippen molar-refractivity contribution in [1.82, 2.24) is 15.2 Å². The van der Waals surface area contributed by atoms with Crippen LogP contribution in [0.5, 0.6) is 5.75 Å². The number of rotatable bonds is 8. The lowest BCUT2D eigenvalue weighted by molar-refractivity contribution is 0.287. The van der Waals surface area contributed by atoms with E-state index in [1.165, 1.54) is 29.5 Å². The van der Waals surface area contributed by atoms with Gasteiger partial charge in [-0.25, -0.2) is 0 Å². The van der Waals surface area contributed by atoms with Gasteiger partial charge in [-0.05, 0) is 48.6 Å². The minimum absolute atomic E-state index is 0.0990. The van der Waals surface area contributed by atoms with E-state index in [0.717, 1.165) is 40.1 Å². The summed E-state index contributed by atoms with van der Waals surface area (Å²) in [5.74, 6) is 1.32. The standard InChI is InChI=1S/C30H28N4O/c31-24(15-20-7-3-1-4-8-20)19-35-25-17-26(29(32-18-25)21-9-5-2-6-10-21)23-13-14-28-27(16-23)30(34-33-28)22-11-12-22/h1-10,13-14,16-18,22,24H,11-12,15,19,31H2,(H,33,34)/t24-/m0/s1. The van der Waals surface area contributed by atoms with Crippen molar-refractivity contribution in [1.29, 1.82) is 0 Å². The highest BCUT2D eigenvalue weighted by Crippen LogP contribution is 2.43. The van der Waals surface area contributed by atoms with E-state index in [1.807, 2.05) is 36.4 Å². The molecule has 1 aliphatic rings. The van der Waals surface area contributed by atoms with Crippen molar-refractivity contribution in [3.8, 4) is 28.1 Å². The van der Waals surface area contributed by atoms with Crippen LogP contribution >= 0.6 is 0 Å². The summed E-state index contributed by atoms with van der Waals surface area (Å²) in [6.07, 6.45) is 5.02. The number of ether oxygens (including phenoxy) is 1. The highest BCUT2D eigenvalue weighted by molar-refractivity contribution is 5.90. The number of fused-ring (bicyclic) bond motifs is 1. The highest BCUT2D eigenvalue weighted by atomic mass is 16.5. The summed E-state index contributed by atoms with van der Waals surface area (Å²) in [5.41, 5.74) is 14.0. The van der Waals surface area contributed by atoms with Crippen LogP contribution in [-0.2, 0) is 6.42 Å². The predicted molar refractivity (Wildman–Crippen MR) is 140 cm³/mol. The molecule has 5 heteroatoms. The van der Waals surface area contributed by atoms with Crippen molar-refractivity contribution in [2.45, 2.75) is 31.2 Å². The van der Waals surface area contributed by atoms with Gasteiger partial charge in [0.25, 0.3) is 0 Å². The summed E-state index contributed by atoms with van der Waals surface area (Å²) in [6.45, 7) is 0.424. The minimum atomic E-state index is -0.0990. The largest absolute Gasteiger partial charge is 0.490 e. The second-order valence-electron chi connectivity index (χ2n) is 9.34. The van der Waals surface area contributed by atoms with E-state index in [4.69, 9.17) is 15.5 Å². The van der Waals surface area contributed by atoms with E-state index in [1.54, 1.807) is 6.20 Å². The Morgan fingerprint density at radius 3 is 2.46 bits per heavy atom. The first-order valence-electron chi connectivity index (χ1n) is 12.2. The number of nitrogens with one attached hydrogen (secondary N) is 1. The Labute approximate surface area is 205 Å². The molecular weight excluding hydrogens is 432 g/mol. The zero-order valence-corrected chi connectivity index (χ0v) is 19.5. The second-order valence-corrected chi connectivity index (χ2v) is 9.34. The number of H-pyrrole nitrogens is 1. The fourth-order valence-electron chi connectivity index (χ4n) is 4.63. The molecular formula is C30H28N4O. The van der Waals surface area contributed by atoms with E-state index in [2.05, 4.69) is 58.7 Å². The molecule has 35 heavy (non-hydrogen) atoms. The molecule has 3 N–H and O–H groups in total. The first-order chi connectivity index (χ1) is 17.2. The second kappa shape index (κ2) is 9.35. The van der Waals surface area contributed by atoms with E-state index < -0.39 is 0 Å². The fraction of sp³-hybridized carbons (Fsp3) is 0.200. The lowest BCUT2D eigenvalue weighted by atomic mass is 9.97. The molecule has 0 bridgehead atoms. The predicted octanol–water partition coefficient (Wildman–Crippen LogP) is 6.12. The molecule has 174 valence electrons. The molecule has 1 aliphatic carbocycles. The molecule has 0 aliphatic heterocycles. The van der Waals surface area contributed by atoms with Crippen molar-refractivity contribution in [3.05, 3.63) is 102 Å². The number of hydrogen-bond donors (Lipinski definition) is 2. The quantitative estimate of drug-likeness (QED) is 0.293. The Morgan fingerprint density at radius 1 is 0.914 bits per heavy atom. The van der Waals surface area contributed by atoms with Crippen molar-refractivity contribution >= 4 is 10.9 Å². The maximum Gasteiger partial charge on any atom is 0.138 e. The summed E-state index contributed by atoms with van der Waals surface area (Å²) < 4.78 is 6.13. The molecule has 0 unspecified atom stereocenters. The van der Waals surface area contributed by atoms with Crippen LogP contribution in [0, 0.1) is 0 Å². The lowest BCUT2D eigenvalue weighted by Gasteiger charge is -2.16. The van der Waals surface area contributed by atoms with E-state index in [9.17, 15) is 0 Å². The third-order valence-corrected chi connectivity index (χ3v) is 6.59.